The minimum absolute atomic E-state index is 0.0616. The monoisotopic (exact) mass is 676 g/mol. The van der Waals surface area contributed by atoms with Gasteiger partial charge in [0.1, 0.15) is 11.3 Å². The number of carbonyl (C=O) groups is 2. The molecule has 2 aromatic carbocycles. The maximum Gasteiger partial charge on any atom is 0.320 e. The van der Waals surface area contributed by atoms with E-state index < -0.39 is 17.2 Å². The van der Waals surface area contributed by atoms with Crippen LogP contribution in [0.15, 0.2) is 39.7 Å². The molecule has 0 unspecified atom stereocenters. The number of hydrogen-bond donors (Lipinski definition) is 1. The molecule has 1 aliphatic carbocycles. The topological polar surface area (TPSA) is 93.1 Å². The van der Waals surface area contributed by atoms with E-state index in [1.54, 1.807) is 31.3 Å². The van der Waals surface area contributed by atoms with E-state index in [0.29, 0.717) is 30.2 Å². The van der Waals surface area contributed by atoms with Crippen LogP contribution in [0.4, 0.5) is 10.1 Å². The van der Waals surface area contributed by atoms with Crippen LogP contribution in [0.5, 0.6) is 5.75 Å². The van der Waals surface area contributed by atoms with Gasteiger partial charge in [-0.05, 0) is 57.4 Å². The van der Waals surface area contributed by atoms with Crippen LogP contribution in [0.3, 0.4) is 0 Å². The molecule has 3 aromatic rings. The lowest BCUT2D eigenvalue weighted by molar-refractivity contribution is -0.145. The third kappa shape index (κ3) is 6.39. The maximum absolute atomic E-state index is 16.0. The summed E-state index contributed by atoms with van der Waals surface area (Å²) in [5.41, 5.74) is 0.905. The standard InChI is InChI=1S/C31H35BrClFN4O5/c1-5-43-26(39)16-37-17(2)13-36(14-18(37)3)28-25(34)11-22-27(30(28)42-4)38(21-8-9-21)15-23(29(22)40)31(41)35-12-19-6-7-20(33)10-24(19)32/h6-7,10-11,15,17-18,21H,5,8-9,12-14,16H2,1-4H3,(H,35,41)/t17-,18+. The molecule has 1 saturated heterocycles. The number of methoxy groups -OCH3 is 1. The molecule has 1 aliphatic heterocycles. The Morgan fingerprint density at radius 2 is 1.86 bits per heavy atom. The summed E-state index contributed by atoms with van der Waals surface area (Å²) in [5, 5.41) is 3.46. The molecular formula is C31H35BrClFN4O5. The van der Waals surface area contributed by atoms with Gasteiger partial charge in [0.25, 0.3) is 5.91 Å². The van der Waals surface area contributed by atoms with Gasteiger partial charge in [0.15, 0.2) is 11.6 Å². The predicted molar refractivity (Wildman–Crippen MR) is 168 cm³/mol. The fourth-order valence-corrected chi connectivity index (χ4v) is 6.70. The number of anilines is 1. The Morgan fingerprint density at radius 1 is 1.16 bits per heavy atom. The van der Waals surface area contributed by atoms with Crippen molar-refractivity contribution in [3.8, 4) is 5.75 Å². The molecule has 1 amide bonds. The zero-order valence-electron chi connectivity index (χ0n) is 24.6. The lowest BCUT2D eigenvalue weighted by atomic mass is 10.0. The molecule has 230 valence electrons. The fraction of sp³-hybridized carbons (Fsp3) is 0.452. The molecule has 2 fully saturated rings. The van der Waals surface area contributed by atoms with Gasteiger partial charge < -0.3 is 24.3 Å². The molecule has 5 rings (SSSR count). The Labute approximate surface area is 263 Å². The molecule has 0 bridgehead atoms. The molecular weight excluding hydrogens is 643 g/mol. The number of nitrogens with one attached hydrogen (secondary N) is 1. The van der Waals surface area contributed by atoms with E-state index in [0.717, 1.165) is 22.9 Å². The van der Waals surface area contributed by atoms with Gasteiger partial charge in [-0.15, -0.1) is 0 Å². The number of piperazine rings is 1. The van der Waals surface area contributed by atoms with Gasteiger partial charge in [-0.3, -0.25) is 19.3 Å². The van der Waals surface area contributed by atoms with Crippen molar-refractivity contribution in [3.05, 3.63) is 67.1 Å². The SMILES string of the molecule is CCOC(=O)CN1[C@H](C)CN(c2c(F)cc3c(=O)c(C(=O)NCc4ccc(Cl)cc4Br)cn(C4CC4)c3c2OC)C[C@@H]1C. The van der Waals surface area contributed by atoms with E-state index in [9.17, 15) is 14.4 Å². The van der Waals surface area contributed by atoms with Crippen molar-refractivity contribution in [2.45, 2.75) is 58.3 Å². The molecule has 12 heteroatoms. The number of fused-ring (bicyclic) bond motifs is 1. The van der Waals surface area contributed by atoms with E-state index in [1.807, 2.05) is 28.2 Å². The van der Waals surface area contributed by atoms with Crippen molar-refractivity contribution >= 4 is 56.0 Å². The molecule has 43 heavy (non-hydrogen) atoms. The second kappa shape index (κ2) is 12.8. The van der Waals surface area contributed by atoms with Crippen LogP contribution in [0, 0.1) is 5.82 Å². The van der Waals surface area contributed by atoms with Crippen LogP contribution in [0.25, 0.3) is 10.9 Å². The van der Waals surface area contributed by atoms with Gasteiger partial charge in [0, 0.05) is 53.5 Å². The number of hydrogen-bond acceptors (Lipinski definition) is 7. The Hall–Kier alpha value is -3.15. The highest BCUT2D eigenvalue weighted by molar-refractivity contribution is 9.10. The van der Waals surface area contributed by atoms with E-state index in [-0.39, 0.29) is 59.6 Å². The molecule has 1 N–H and O–H groups in total. The Morgan fingerprint density at radius 3 is 2.47 bits per heavy atom. The first-order valence-corrected chi connectivity index (χ1v) is 15.5. The largest absolute Gasteiger partial charge is 0.492 e. The average Bonchev–Trinajstić information content (AvgIpc) is 3.80. The summed E-state index contributed by atoms with van der Waals surface area (Å²) in [7, 11) is 1.47. The van der Waals surface area contributed by atoms with Crippen LogP contribution < -0.4 is 20.4 Å². The van der Waals surface area contributed by atoms with E-state index >= 15 is 4.39 Å². The number of esters is 1. The van der Waals surface area contributed by atoms with Crippen LogP contribution in [0.2, 0.25) is 5.02 Å². The van der Waals surface area contributed by atoms with Gasteiger partial charge in [-0.2, -0.15) is 0 Å². The number of amides is 1. The molecule has 0 spiro atoms. The quantitative estimate of drug-likeness (QED) is 0.308. The molecule has 0 radical (unpaired) electrons. The fourth-order valence-electron chi connectivity index (χ4n) is 5.88. The van der Waals surface area contributed by atoms with Gasteiger partial charge in [0.2, 0.25) is 5.43 Å². The smallest absolute Gasteiger partial charge is 0.320 e. The number of carbonyl (C=O) groups excluding carboxylic acids is 2. The zero-order chi connectivity index (χ0) is 31.0. The first-order valence-electron chi connectivity index (χ1n) is 14.4. The van der Waals surface area contributed by atoms with Crippen LogP contribution in [0.1, 0.15) is 55.6 Å². The van der Waals surface area contributed by atoms with Gasteiger partial charge in [0.05, 0.1) is 31.2 Å². The summed E-state index contributed by atoms with van der Waals surface area (Å²) in [6.45, 7) is 7.27. The first kappa shape index (κ1) is 31.3. The number of halogens is 3. The van der Waals surface area contributed by atoms with Crippen molar-refractivity contribution in [2.75, 3.05) is 38.3 Å². The summed E-state index contributed by atoms with van der Waals surface area (Å²) in [6, 6.07) is 6.37. The molecule has 1 aromatic heterocycles. The summed E-state index contributed by atoms with van der Waals surface area (Å²) in [5.74, 6) is -1.19. The molecule has 2 atom stereocenters. The Bertz CT molecular complexity index is 1620. The van der Waals surface area contributed by atoms with Crippen molar-refractivity contribution in [3.63, 3.8) is 0 Å². The third-order valence-corrected chi connectivity index (χ3v) is 9.05. The molecule has 1 saturated carbocycles. The number of pyridine rings is 1. The summed E-state index contributed by atoms with van der Waals surface area (Å²) in [4.78, 5) is 43.2. The molecule has 2 aliphatic rings. The summed E-state index contributed by atoms with van der Waals surface area (Å²) in [6.07, 6.45) is 3.31. The Kier molecular flexibility index (Phi) is 9.34. The lowest BCUT2D eigenvalue weighted by Crippen LogP contribution is -2.58. The molecule has 9 nitrogen and oxygen atoms in total. The van der Waals surface area contributed by atoms with Gasteiger partial charge in [-0.1, -0.05) is 33.6 Å². The van der Waals surface area contributed by atoms with Crippen molar-refractivity contribution in [1.29, 1.82) is 0 Å². The highest BCUT2D eigenvalue weighted by atomic mass is 79.9. The number of rotatable bonds is 9. The van der Waals surface area contributed by atoms with E-state index in [1.165, 1.54) is 13.2 Å². The lowest BCUT2D eigenvalue weighted by Gasteiger charge is -2.45. The third-order valence-electron chi connectivity index (χ3n) is 8.08. The first-order chi connectivity index (χ1) is 20.5. The van der Waals surface area contributed by atoms with Crippen LogP contribution in [-0.2, 0) is 16.1 Å². The maximum atomic E-state index is 16.0. The Balaban J connectivity index is 1.51. The number of nitrogens with zero attached hydrogens (tertiary/aromatic N) is 3. The van der Waals surface area contributed by atoms with Crippen molar-refractivity contribution in [1.82, 2.24) is 14.8 Å². The summed E-state index contributed by atoms with van der Waals surface area (Å²) >= 11 is 9.47. The average molecular weight is 678 g/mol. The van der Waals surface area contributed by atoms with E-state index in [2.05, 4.69) is 21.2 Å². The molecule has 2 heterocycles. The zero-order valence-corrected chi connectivity index (χ0v) is 26.9. The second-order valence-electron chi connectivity index (χ2n) is 11.1. The number of ether oxygens (including phenoxy) is 2. The van der Waals surface area contributed by atoms with Crippen molar-refractivity contribution < 1.29 is 23.5 Å². The number of aromatic nitrogens is 1. The number of benzene rings is 2. The van der Waals surface area contributed by atoms with Gasteiger partial charge >= 0.3 is 5.97 Å². The van der Waals surface area contributed by atoms with Gasteiger partial charge in [-0.25, -0.2) is 4.39 Å². The highest BCUT2D eigenvalue weighted by Gasteiger charge is 2.36. The summed E-state index contributed by atoms with van der Waals surface area (Å²) < 4.78 is 29.7. The minimum atomic E-state index is -0.607. The highest BCUT2D eigenvalue weighted by Crippen LogP contribution is 2.44. The minimum Gasteiger partial charge on any atom is -0.492 e. The van der Waals surface area contributed by atoms with E-state index in [4.69, 9.17) is 21.1 Å². The second-order valence-corrected chi connectivity index (χ2v) is 12.4. The van der Waals surface area contributed by atoms with Crippen LogP contribution >= 0.6 is 27.5 Å². The van der Waals surface area contributed by atoms with Crippen molar-refractivity contribution in [2.24, 2.45) is 0 Å². The van der Waals surface area contributed by atoms with Crippen LogP contribution in [-0.4, -0.2) is 66.8 Å². The normalized spacial score (nSPS) is 19.0. The predicted octanol–water partition coefficient (Wildman–Crippen LogP) is 5.29.